The Labute approximate surface area is 71.3 Å². The first-order valence-electron chi connectivity index (χ1n) is 3.74. The Bertz CT molecular complexity index is 222. The van der Waals surface area contributed by atoms with Crippen molar-refractivity contribution in [3.05, 3.63) is 23.1 Å². The van der Waals surface area contributed by atoms with Gasteiger partial charge in [0.25, 0.3) is 0 Å². The van der Waals surface area contributed by atoms with E-state index in [0.717, 1.165) is 18.4 Å². The van der Waals surface area contributed by atoms with Crippen molar-refractivity contribution >= 4 is 11.6 Å². The van der Waals surface area contributed by atoms with Gasteiger partial charge in [-0.2, -0.15) is 0 Å². The average Bonchev–Trinajstić information content (AvgIpc) is 2.36. The smallest absolute Gasteiger partial charge is 0.197 e. The highest BCUT2D eigenvalue weighted by Gasteiger charge is 2.10. The zero-order valence-corrected chi connectivity index (χ0v) is 7.27. The SMILES string of the molecule is CCCC(N)c1ccoc1Cl. The summed E-state index contributed by atoms with van der Waals surface area (Å²) in [4.78, 5) is 0. The molecule has 11 heavy (non-hydrogen) atoms. The lowest BCUT2D eigenvalue weighted by molar-refractivity contribution is 0.555. The fraction of sp³-hybridized carbons (Fsp3) is 0.500. The van der Waals surface area contributed by atoms with E-state index in [9.17, 15) is 0 Å². The zero-order valence-electron chi connectivity index (χ0n) is 6.51. The monoisotopic (exact) mass is 173 g/mol. The molecule has 1 atom stereocenters. The predicted molar refractivity (Wildman–Crippen MR) is 45.6 cm³/mol. The van der Waals surface area contributed by atoms with Crippen molar-refractivity contribution in [1.29, 1.82) is 0 Å². The lowest BCUT2D eigenvalue weighted by Crippen LogP contribution is -2.08. The van der Waals surface area contributed by atoms with Crippen LogP contribution in [0.25, 0.3) is 0 Å². The highest BCUT2D eigenvalue weighted by molar-refractivity contribution is 6.29. The molecule has 62 valence electrons. The molecule has 0 aromatic carbocycles. The van der Waals surface area contributed by atoms with E-state index in [1.807, 2.05) is 6.07 Å². The highest BCUT2D eigenvalue weighted by Crippen LogP contribution is 2.24. The van der Waals surface area contributed by atoms with Crippen LogP contribution in [0.4, 0.5) is 0 Å². The van der Waals surface area contributed by atoms with Crippen LogP contribution >= 0.6 is 11.6 Å². The van der Waals surface area contributed by atoms with Gasteiger partial charge in [-0.1, -0.05) is 13.3 Å². The van der Waals surface area contributed by atoms with Gasteiger partial charge in [-0.3, -0.25) is 0 Å². The van der Waals surface area contributed by atoms with Gasteiger partial charge >= 0.3 is 0 Å². The quantitative estimate of drug-likeness (QED) is 0.764. The van der Waals surface area contributed by atoms with Gasteiger partial charge in [0.05, 0.1) is 6.26 Å². The molecule has 0 aliphatic rings. The third-order valence-electron chi connectivity index (χ3n) is 1.65. The van der Waals surface area contributed by atoms with E-state index < -0.39 is 0 Å². The van der Waals surface area contributed by atoms with E-state index in [2.05, 4.69) is 6.92 Å². The highest BCUT2D eigenvalue weighted by atomic mass is 35.5. The van der Waals surface area contributed by atoms with Gasteiger partial charge in [0, 0.05) is 11.6 Å². The van der Waals surface area contributed by atoms with Crippen molar-refractivity contribution in [2.75, 3.05) is 0 Å². The van der Waals surface area contributed by atoms with Crippen LogP contribution in [0, 0.1) is 0 Å². The minimum atomic E-state index is 0.0197. The Balaban J connectivity index is 2.67. The molecular weight excluding hydrogens is 162 g/mol. The van der Waals surface area contributed by atoms with Crippen molar-refractivity contribution in [2.24, 2.45) is 5.73 Å². The normalized spacial score (nSPS) is 13.4. The molecule has 1 unspecified atom stereocenters. The van der Waals surface area contributed by atoms with Crippen LogP contribution in [-0.2, 0) is 0 Å². The lowest BCUT2D eigenvalue weighted by atomic mass is 10.1. The maximum Gasteiger partial charge on any atom is 0.197 e. The maximum atomic E-state index is 5.81. The summed E-state index contributed by atoms with van der Waals surface area (Å²) in [5.41, 5.74) is 6.72. The largest absolute Gasteiger partial charge is 0.453 e. The molecule has 0 aliphatic heterocycles. The van der Waals surface area contributed by atoms with Gasteiger partial charge in [0.15, 0.2) is 5.22 Å². The van der Waals surface area contributed by atoms with E-state index in [1.165, 1.54) is 0 Å². The van der Waals surface area contributed by atoms with Gasteiger partial charge in [0.2, 0.25) is 0 Å². The standard InChI is InChI=1S/C8H12ClNO/c1-2-3-7(10)6-4-5-11-8(6)9/h4-5,7H,2-3,10H2,1H3. The van der Waals surface area contributed by atoms with Gasteiger partial charge in [-0.05, 0) is 24.1 Å². The number of nitrogens with two attached hydrogens (primary N) is 1. The van der Waals surface area contributed by atoms with E-state index in [1.54, 1.807) is 6.26 Å². The Morgan fingerprint density at radius 3 is 2.91 bits per heavy atom. The topological polar surface area (TPSA) is 39.2 Å². The molecular formula is C8H12ClNO. The number of hydrogen-bond donors (Lipinski definition) is 1. The molecule has 0 aliphatic carbocycles. The van der Waals surface area contributed by atoms with Gasteiger partial charge in [-0.25, -0.2) is 0 Å². The molecule has 0 radical (unpaired) electrons. The predicted octanol–water partition coefficient (Wildman–Crippen LogP) is 2.73. The summed E-state index contributed by atoms with van der Waals surface area (Å²) >= 11 is 5.72. The molecule has 0 bridgehead atoms. The van der Waals surface area contributed by atoms with Gasteiger partial charge in [-0.15, -0.1) is 0 Å². The Kier molecular flexibility index (Phi) is 2.97. The molecule has 1 heterocycles. The summed E-state index contributed by atoms with van der Waals surface area (Å²) in [5.74, 6) is 0. The minimum Gasteiger partial charge on any atom is -0.453 e. The van der Waals surface area contributed by atoms with Crippen LogP contribution in [-0.4, -0.2) is 0 Å². The Morgan fingerprint density at radius 1 is 1.73 bits per heavy atom. The van der Waals surface area contributed by atoms with Crippen molar-refractivity contribution in [3.63, 3.8) is 0 Å². The summed E-state index contributed by atoms with van der Waals surface area (Å²) in [6.45, 7) is 2.09. The van der Waals surface area contributed by atoms with Crippen LogP contribution in [0.2, 0.25) is 5.22 Å². The molecule has 0 spiro atoms. The van der Waals surface area contributed by atoms with Crippen molar-refractivity contribution in [2.45, 2.75) is 25.8 Å². The van der Waals surface area contributed by atoms with E-state index in [-0.39, 0.29) is 6.04 Å². The summed E-state index contributed by atoms with van der Waals surface area (Å²) in [7, 11) is 0. The summed E-state index contributed by atoms with van der Waals surface area (Å²) in [6.07, 6.45) is 3.56. The Hall–Kier alpha value is -0.470. The van der Waals surface area contributed by atoms with Crippen LogP contribution < -0.4 is 5.73 Å². The van der Waals surface area contributed by atoms with Gasteiger partial charge in [0.1, 0.15) is 0 Å². The number of furan rings is 1. The molecule has 1 aromatic heterocycles. The first-order valence-corrected chi connectivity index (χ1v) is 4.12. The summed E-state index contributed by atoms with van der Waals surface area (Å²) in [6, 6.07) is 1.84. The molecule has 0 saturated carbocycles. The maximum absolute atomic E-state index is 5.81. The fourth-order valence-electron chi connectivity index (χ4n) is 1.04. The van der Waals surface area contributed by atoms with Crippen LogP contribution in [0.1, 0.15) is 31.4 Å². The molecule has 3 heteroatoms. The summed E-state index contributed by atoms with van der Waals surface area (Å²) < 4.78 is 4.92. The average molecular weight is 174 g/mol. The van der Waals surface area contributed by atoms with E-state index in [4.69, 9.17) is 21.8 Å². The van der Waals surface area contributed by atoms with Crippen molar-refractivity contribution < 1.29 is 4.42 Å². The minimum absolute atomic E-state index is 0.0197. The van der Waals surface area contributed by atoms with Gasteiger partial charge < -0.3 is 10.2 Å². The summed E-state index contributed by atoms with van der Waals surface area (Å²) in [5, 5.41) is 0.422. The van der Waals surface area contributed by atoms with Crippen LogP contribution in [0.5, 0.6) is 0 Å². The van der Waals surface area contributed by atoms with E-state index in [0.29, 0.717) is 5.22 Å². The van der Waals surface area contributed by atoms with E-state index >= 15 is 0 Å². The molecule has 1 rings (SSSR count). The molecule has 0 saturated heterocycles. The van der Waals surface area contributed by atoms with Crippen LogP contribution in [0.3, 0.4) is 0 Å². The third-order valence-corrected chi connectivity index (χ3v) is 1.95. The molecule has 2 N–H and O–H groups in total. The second-order valence-corrected chi connectivity index (χ2v) is 2.89. The second-order valence-electron chi connectivity index (χ2n) is 2.54. The molecule has 1 aromatic rings. The first-order chi connectivity index (χ1) is 5.25. The molecule has 0 amide bonds. The number of halogens is 1. The number of hydrogen-bond acceptors (Lipinski definition) is 2. The zero-order chi connectivity index (χ0) is 8.27. The first kappa shape index (κ1) is 8.62. The molecule has 2 nitrogen and oxygen atoms in total. The van der Waals surface area contributed by atoms with Crippen LogP contribution in [0.15, 0.2) is 16.7 Å². The van der Waals surface area contributed by atoms with Crippen molar-refractivity contribution in [3.8, 4) is 0 Å². The molecule has 0 fully saturated rings. The second kappa shape index (κ2) is 3.79. The number of rotatable bonds is 3. The third kappa shape index (κ3) is 1.98. The lowest BCUT2D eigenvalue weighted by Gasteiger charge is -2.06. The van der Waals surface area contributed by atoms with Crippen molar-refractivity contribution in [1.82, 2.24) is 0 Å². The fourth-order valence-corrected chi connectivity index (χ4v) is 1.29. The Morgan fingerprint density at radius 2 is 2.45 bits per heavy atom.